The van der Waals surface area contributed by atoms with E-state index < -0.39 is 33.0 Å². The zero-order chi connectivity index (χ0) is 24.7. The average Bonchev–Trinajstić information content (AvgIpc) is 3.34. The molecule has 34 heavy (non-hydrogen) atoms. The second-order valence-corrected chi connectivity index (χ2v) is 10.5. The molecule has 0 bridgehead atoms. The van der Waals surface area contributed by atoms with Crippen LogP contribution in [-0.2, 0) is 15.6 Å². The van der Waals surface area contributed by atoms with E-state index in [1.807, 2.05) is 0 Å². The number of anilines is 1. The maximum Gasteiger partial charge on any atom is 0.236 e. The molecule has 0 aliphatic carbocycles. The molecule has 1 aliphatic rings. The normalized spacial score (nSPS) is 14.6. The van der Waals surface area contributed by atoms with Crippen LogP contribution in [0.1, 0.15) is 25.5 Å². The molecule has 0 radical (unpaired) electrons. The van der Waals surface area contributed by atoms with Gasteiger partial charge in [0.2, 0.25) is 10.0 Å². The number of nitrogens with zero attached hydrogens (tertiary/aromatic N) is 4. The van der Waals surface area contributed by atoms with Crippen LogP contribution in [0.4, 0.5) is 18.9 Å². The highest BCUT2D eigenvalue weighted by atomic mass is 32.2. The highest BCUT2D eigenvalue weighted by Crippen LogP contribution is 2.50. The third-order valence-electron chi connectivity index (χ3n) is 5.92. The maximum absolute atomic E-state index is 15.7. The summed E-state index contributed by atoms with van der Waals surface area (Å²) in [7, 11) is -2.50. The molecule has 3 heterocycles. The molecule has 178 valence electrons. The molecular weight excluding hydrogens is 471 g/mol. The standard InChI is InChI=1S/C22H20F3N5O3S/c1-10-27-28-21-22(2,3)26-18-17(25)16(24)15(20(33-4)19(18)30(10)21)13-8-11(23)9-14-12(13)6-7-29(14)34(5,31)32/h6-9,26H,1-5H3. The van der Waals surface area contributed by atoms with E-state index in [0.29, 0.717) is 11.6 Å². The molecule has 0 saturated carbocycles. The van der Waals surface area contributed by atoms with Crippen LogP contribution in [0.15, 0.2) is 24.4 Å². The Kier molecular flexibility index (Phi) is 4.57. The van der Waals surface area contributed by atoms with Gasteiger partial charge in [-0.1, -0.05) is 0 Å². The van der Waals surface area contributed by atoms with Crippen LogP contribution in [0.5, 0.6) is 5.75 Å². The predicted octanol–water partition coefficient (Wildman–Crippen LogP) is 4.09. The Morgan fingerprint density at radius 1 is 1.12 bits per heavy atom. The van der Waals surface area contributed by atoms with E-state index in [1.165, 1.54) is 19.4 Å². The van der Waals surface area contributed by atoms with E-state index in [2.05, 4.69) is 15.5 Å². The second kappa shape index (κ2) is 6.98. The largest absolute Gasteiger partial charge is 0.494 e. The van der Waals surface area contributed by atoms with Crippen molar-refractivity contribution in [3.63, 3.8) is 0 Å². The summed E-state index contributed by atoms with van der Waals surface area (Å²) in [5.41, 5.74) is -1.33. The molecule has 12 heteroatoms. The van der Waals surface area contributed by atoms with E-state index in [1.54, 1.807) is 25.3 Å². The first-order valence-electron chi connectivity index (χ1n) is 10.2. The molecule has 1 aliphatic heterocycles. The molecule has 0 fully saturated rings. The van der Waals surface area contributed by atoms with Crippen molar-refractivity contribution in [3.8, 4) is 22.6 Å². The minimum Gasteiger partial charge on any atom is -0.494 e. The molecular formula is C22H20F3N5O3S. The van der Waals surface area contributed by atoms with Crippen LogP contribution in [0, 0.1) is 24.4 Å². The fourth-order valence-corrected chi connectivity index (χ4v) is 5.29. The van der Waals surface area contributed by atoms with Crippen LogP contribution in [0.2, 0.25) is 0 Å². The quantitative estimate of drug-likeness (QED) is 0.464. The van der Waals surface area contributed by atoms with Crippen molar-refractivity contribution in [1.29, 1.82) is 0 Å². The number of benzene rings is 2. The Hall–Kier alpha value is -3.54. The zero-order valence-electron chi connectivity index (χ0n) is 18.9. The monoisotopic (exact) mass is 491 g/mol. The van der Waals surface area contributed by atoms with Crippen molar-refractivity contribution < 1.29 is 26.3 Å². The Morgan fingerprint density at radius 2 is 1.82 bits per heavy atom. The lowest BCUT2D eigenvalue weighted by Gasteiger charge is -2.35. The van der Waals surface area contributed by atoms with Crippen LogP contribution in [0.3, 0.4) is 0 Å². The highest BCUT2D eigenvalue weighted by Gasteiger charge is 2.40. The van der Waals surface area contributed by atoms with Gasteiger partial charge in [-0.05, 0) is 39.0 Å². The van der Waals surface area contributed by atoms with Gasteiger partial charge in [0.25, 0.3) is 0 Å². The average molecular weight is 491 g/mol. The molecule has 0 atom stereocenters. The Labute approximate surface area is 193 Å². The van der Waals surface area contributed by atoms with E-state index in [9.17, 15) is 12.8 Å². The van der Waals surface area contributed by atoms with Gasteiger partial charge in [-0.15, -0.1) is 10.2 Å². The first-order valence-corrected chi connectivity index (χ1v) is 12.0. The number of methoxy groups -OCH3 is 1. The Morgan fingerprint density at radius 3 is 2.47 bits per heavy atom. The Bertz CT molecular complexity index is 1620. The molecule has 0 amide bonds. The van der Waals surface area contributed by atoms with Gasteiger partial charge < -0.3 is 10.1 Å². The molecule has 0 unspecified atom stereocenters. The van der Waals surface area contributed by atoms with Gasteiger partial charge >= 0.3 is 0 Å². The second-order valence-electron chi connectivity index (χ2n) is 8.68. The van der Waals surface area contributed by atoms with Gasteiger partial charge in [0, 0.05) is 17.1 Å². The lowest BCUT2D eigenvalue weighted by molar-refractivity contribution is 0.402. The third-order valence-corrected chi connectivity index (χ3v) is 6.96. The number of aryl methyl sites for hydroxylation is 1. The third kappa shape index (κ3) is 2.94. The molecule has 8 nitrogen and oxygen atoms in total. The number of rotatable bonds is 3. The van der Waals surface area contributed by atoms with Crippen molar-refractivity contribution in [3.05, 3.63) is 53.5 Å². The van der Waals surface area contributed by atoms with Crippen LogP contribution in [0.25, 0.3) is 27.7 Å². The van der Waals surface area contributed by atoms with Gasteiger partial charge in [0.15, 0.2) is 23.2 Å². The first-order chi connectivity index (χ1) is 15.9. The molecule has 2 aromatic heterocycles. The predicted molar refractivity (Wildman–Crippen MR) is 120 cm³/mol. The lowest BCUT2D eigenvalue weighted by atomic mass is 9.94. The summed E-state index contributed by atoms with van der Waals surface area (Å²) in [5, 5.41) is 11.4. The summed E-state index contributed by atoms with van der Waals surface area (Å²) in [6.45, 7) is 5.16. The molecule has 0 saturated heterocycles. The molecule has 0 spiro atoms. The highest BCUT2D eigenvalue weighted by molar-refractivity contribution is 7.89. The topological polar surface area (TPSA) is 91.0 Å². The zero-order valence-corrected chi connectivity index (χ0v) is 19.7. The van der Waals surface area contributed by atoms with Gasteiger partial charge in [-0.2, -0.15) is 0 Å². The van der Waals surface area contributed by atoms with Gasteiger partial charge in [-0.3, -0.25) is 4.57 Å². The molecule has 4 aromatic rings. The number of fused-ring (bicyclic) bond motifs is 4. The van der Waals surface area contributed by atoms with E-state index >= 15 is 8.78 Å². The van der Waals surface area contributed by atoms with Crippen LogP contribution >= 0.6 is 0 Å². The van der Waals surface area contributed by atoms with Gasteiger partial charge in [0.1, 0.15) is 23.0 Å². The van der Waals surface area contributed by atoms with Crippen LogP contribution in [-0.4, -0.2) is 40.5 Å². The van der Waals surface area contributed by atoms with E-state index in [0.717, 1.165) is 22.4 Å². The van der Waals surface area contributed by atoms with Crippen molar-refractivity contribution >= 4 is 26.6 Å². The number of ether oxygens (including phenoxy) is 1. The fraction of sp³-hybridized carbons (Fsp3) is 0.273. The van der Waals surface area contributed by atoms with Gasteiger partial charge in [0.05, 0.1) is 30.0 Å². The molecule has 2 aromatic carbocycles. The number of hydrogen-bond donors (Lipinski definition) is 1. The van der Waals surface area contributed by atoms with Crippen molar-refractivity contribution in [2.24, 2.45) is 0 Å². The van der Waals surface area contributed by atoms with E-state index in [4.69, 9.17) is 4.74 Å². The summed E-state index contributed by atoms with van der Waals surface area (Å²) < 4.78 is 78.3. The maximum atomic E-state index is 15.7. The minimum absolute atomic E-state index is 0.0162. The summed E-state index contributed by atoms with van der Waals surface area (Å²) in [4.78, 5) is 0. The summed E-state index contributed by atoms with van der Waals surface area (Å²) in [6, 6.07) is 3.44. The summed E-state index contributed by atoms with van der Waals surface area (Å²) >= 11 is 0. The van der Waals surface area contributed by atoms with E-state index in [-0.39, 0.29) is 39.2 Å². The first kappa shape index (κ1) is 22.3. The minimum atomic E-state index is -3.78. The lowest BCUT2D eigenvalue weighted by Crippen LogP contribution is -2.37. The van der Waals surface area contributed by atoms with Gasteiger partial charge in [-0.25, -0.2) is 25.6 Å². The Balaban J connectivity index is 1.94. The van der Waals surface area contributed by atoms with Crippen LogP contribution < -0.4 is 10.1 Å². The van der Waals surface area contributed by atoms with Crippen molar-refractivity contribution in [2.45, 2.75) is 26.3 Å². The summed E-state index contributed by atoms with van der Waals surface area (Å²) in [6.07, 6.45) is 2.19. The SMILES string of the molecule is COc1c(-c2cc(F)cc3c2ccn3S(C)(=O)=O)c(F)c(F)c2c1-n1c(C)nnc1C(C)(C)N2. The fourth-order valence-electron chi connectivity index (χ4n) is 4.50. The smallest absolute Gasteiger partial charge is 0.236 e. The molecule has 1 N–H and O–H groups in total. The number of halogens is 3. The number of nitrogens with one attached hydrogen (secondary N) is 1. The number of aromatic nitrogens is 4. The van der Waals surface area contributed by atoms with Crippen molar-refractivity contribution in [2.75, 3.05) is 18.7 Å². The summed E-state index contributed by atoms with van der Waals surface area (Å²) in [5.74, 6) is -2.52. The molecule has 5 rings (SSSR count). The number of hydrogen-bond acceptors (Lipinski definition) is 6. The van der Waals surface area contributed by atoms with Crippen molar-refractivity contribution in [1.82, 2.24) is 18.7 Å².